The summed E-state index contributed by atoms with van der Waals surface area (Å²) < 4.78 is 11.7. The first-order chi connectivity index (χ1) is 14.7. The summed E-state index contributed by atoms with van der Waals surface area (Å²) in [6.07, 6.45) is 1.82. The van der Waals surface area contributed by atoms with Gasteiger partial charge in [-0.05, 0) is 71.8 Å². The largest absolute Gasteiger partial charge is 0.489 e. The molecule has 0 unspecified atom stereocenters. The van der Waals surface area contributed by atoms with Crippen LogP contribution in [0.1, 0.15) is 11.1 Å². The Morgan fingerprint density at radius 1 is 0.700 bits per heavy atom. The quantitative estimate of drug-likeness (QED) is 0.294. The van der Waals surface area contributed by atoms with Gasteiger partial charge in [-0.15, -0.1) is 0 Å². The third-order valence-electron chi connectivity index (χ3n) is 4.36. The molecule has 0 fully saturated rings. The average Bonchev–Trinajstić information content (AvgIpc) is 2.79. The smallest absolute Gasteiger partial charge is 0.127 e. The number of rotatable bonds is 7. The molecule has 3 nitrogen and oxygen atoms in total. The van der Waals surface area contributed by atoms with Gasteiger partial charge in [0.25, 0.3) is 0 Å². The molecule has 0 saturated heterocycles. The molecule has 0 radical (unpaired) electrons. The second-order valence-corrected chi connectivity index (χ2v) is 7.09. The number of hydrogen-bond acceptors (Lipinski definition) is 3. The number of aliphatic imine (C=N–C) groups is 1. The van der Waals surface area contributed by atoms with E-state index >= 15 is 0 Å². The molecule has 4 aromatic rings. The summed E-state index contributed by atoms with van der Waals surface area (Å²) in [4.78, 5) is 4.54. The van der Waals surface area contributed by atoms with Crippen molar-refractivity contribution in [2.24, 2.45) is 4.99 Å². The van der Waals surface area contributed by atoms with Gasteiger partial charge in [0.2, 0.25) is 0 Å². The van der Waals surface area contributed by atoms with E-state index in [-0.39, 0.29) is 0 Å². The van der Waals surface area contributed by atoms with E-state index in [9.17, 15) is 0 Å². The van der Waals surface area contributed by atoms with Crippen molar-refractivity contribution < 1.29 is 9.47 Å². The fourth-order valence-electron chi connectivity index (χ4n) is 2.81. The maximum Gasteiger partial charge on any atom is 0.127 e. The standard InChI is InChI=1S/C26H20ClNO2/c27-22-11-9-20(10-12-22)19-29-26-8-4-5-21(17-26)18-28-23-13-15-25(16-14-23)30-24-6-2-1-3-7-24/h1-18H,19H2. The normalized spacial score (nSPS) is 10.8. The fourth-order valence-corrected chi connectivity index (χ4v) is 2.93. The summed E-state index contributed by atoms with van der Waals surface area (Å²) in [5, 5.41) is 0.719. The summed E-state index contributed by atoms with van der Waals surface area (Å²) in [7, 11) is 0. The van der Waals surface area contributed by atoms with Crippen molar-refractivity contribution in [1.82, 2.24) is 0 Å². The molecular formula is C26H20ClNO2. The lowest BCUT2D eigenvalue weighted by Crippen LogP contribution is -1.95. The Balaban J connectivity index is 1.36. The first kappa shape index (κ1) is 19.7. The van der Waals surface area contributed by atoms with E-state index in [1.807, 2.05) is 109 Å². The maximum atomic E-state index is 5.92. The highest BCUT2D eigenvalue weighted by molar-refractivity contribution is 6.30. The van der Waals surface area contributed by atoms with E-state index in [0.717, 1.165) is 39.1 Å². The van der Waals surface area contributed by atoms with Crippen LogP contribution in [0.4, 0.5) is 5.69 Å². The Kier molecular flexibility index (Phi) is 6.43. The maximum absolute atomic E-state index is 5.92. The summed E-state index contributed by atoms with van der Waals surface area (Å²) in [5.74, 6) is 2.38. The third-order valence-corrected chi connectivity index (χ3v) is 4.61. The molecule has 0 aliphatic carbocycles. The molecular weight excluding hydrogens is 394 g/mol. The van der Waals surface area contributed by atoms with E-state index in [4.69, 9.17) is 21.1 Å². The zero-order valence-corrected chi connectivity index (χ0v) is 17.0. The van der Waals surface area contributed by atoms with Crippen LogP contribution in [-0.2, 0) is 6.61 Å². The van der Waals surface area contributed by atoms with E-state index in [1.54, 1.807) is 0 Å². The van der Waals surface area contributed by atoms with E-state index in [0.29, 0.717) is 6.61 Å². The minimum Gasteiger partial charge on any atom is -0.489 e. The molecule has 30 heavy (non-hydrogen) atoms. The van der Waals surface area contributed by atoms with Crippen LogP contribution < -0.4 is 9.47 Å². The molecule has 0 aromatic heterocycles. The number of hydrogen-bond donors (Lipinski definition) is 0. The molecule has 0 saturated carbocycles. The molecule has 0 N–H and O–H groups in total. The molecule has 148 valence electrons. The van der Waals surface area contributed by atoms with Gasteiger partial charge in [0.1, 0.15) is 23.9 Å². The molecule has 0 amide bonds. The van der Waals surface area contributed by atoms with Gasteiger partial charge in [-0.2, -0.15) is 0 Å². The minimum atomic E-state index is 0.487. The molecule has 4 aromatic carbocycles. The van der Waals surface area contributed by atoms with E-state index in [2.05, 4.69) is 4.99 Å². The number of ether oxygens (including phenoxy) is 2. The topological polar surface area (TPSA) is 30.8 Å². The van der Waals surface area contributed by atoms with E-state index in [1.165, 1.54) is 0 Å². The van der Waals surface area contributed by atoms with Crippen LogP contribution in [0.25, 0.3) is 0 Å². The predicted molar refractivity (Wildman–Crippen MR) is 122 cm³/mol. The van der Waals surface area contributed by atoms with Gasteiger partial charge in [0.15, 0.2) is 0 Å². The molecule has 4 heteroatoms. The lowest BCUT2D eigenvalue weighted by Gasteiger charge is -2.07. The van der Waals surface area contributed by atoms with Gasteiger partial charge >= 0.3 is 0 Å². The first-order valence-electron chi connectivity index (χ1n) is 9.59. The Bertz CT molecular complexity index is 1110. The van der Waals surface area contributed by atoms with Crippen LogP contribution >= 0.6 is 11.6 Å². The molecule has 0 spiro atoms. The Hall–Kier alpha value is -3.56. The van der Waals surface area contributed by atoms with Crippen molar-refractivity contribution in [3.63, 3.8) is 0 Å². The number of halogens is 1. The van der Waals surface area contributed by atoms with Gasteiger partial charge in [-0.3, -0.25) is 4.99 Å². The Morgan fingerprint density at radius 3 is 2.17 bits per heavy atom. The monoisotopic (exact) mass is 413 g/mol. The molecule has 0 heterocycles. The third kappa shape index (κ3) is 5.72. The zero-order valence-electron chi connectivity index (χ0n) is 16.2. The van der Waals surface area contributed by atoms with Crippen LogP contribution in [0, 0.1) is 0 Å². The lowest BCUT2D eigenvalue weighted by molar-refractivity contribution is 0.306. The van der Waals surface area contributed by atoms with E-state index < -0.39 is 0 Å². The van der Waals surface area contributed by atoms with Crippen molar-refractivity contribution in [2.45, 2.75) is 6.61 Å². The Morgan fingerprint density at radius 2 is 1.40 bits per heavy atom. The highest BCUT2D eigenvalue weighted by Crippen LogP contribution is 2.24. The van der Waals surface area contributed by atoms with Crippen LogP contribution in [-0.4, -0.2) is 6.21 Å². The highest BCUT2D eigenvalue weighted by atomic mass is 35.5. The number of benzene rings is 4. The number of nitrogens with zero attached hydrogens (tertiary/aromatic N) is 1. The van der Waals surface area contributed by atoms with Gasteiger partial charge in [0, 0.05) is 11.2 Å². The Labute approximate surface area is 181 Å². The zero-order chi connectivity index (χ0) is 20.6. The summed E-state index contributed by atoms with van der Waals surface area (Å²) >= 11 is 5.92. The second kappa shape index (κ2) is 9.77. The lowest BCUT2D eigenvalue weighted by atomic mass is 10.2. The summed E-state index contributed by atoms with van der Waals surface area (Å²) in [6.45, 7) is 0.487. The van der Waals surface area contributed by atoms with Crippen molar-refractivity contribution in [2.75, 3.05) is 0 Å². The van der Waals surface area contributed by atoms with Crippen molar-refractivity contribution in [3.05, 3.63) is 119 Å². The summed E-state index contributed by atoms with van der Waals surface area (Å²) in [5.41, 5.74) is 2.88. The van der Waals surface area contributed by atoms with Crippen LogP contribution in [0.2, 0.25) is 5.02 Å². The highest BCUT2D eigenvalue weighted by Gasteiger charge is 1.99. The molecule has 0 aliphatic rings. The van der Waals surface area contributed by atoms with Crippen molar-refractivity contribution >= 4 is 23.5 Å². The van der Waals surface area contributed by atoms with Gasteiger partial charge < -0.3 is 9.47 Å². The van der Waals surface area contributed by atoms with Crippen molar-refractivity contribution in [1.29, 1.82) is 0 Å². The first-order valence-corrected chi connectivity index (χ1v) is 9.97. The van der Waals surface area contributed by atoms with Gasteiger partial charge in [-0.25, -0.2) is 0 Å². The summed E-state index contributed by atoms with van der Waals surface area (Å²) in [6, 6.07) is 32.8. The number of para-hydroxylation sites is 1. The average molecular weight is 414 g/mol. The van der Waals surface area contributed by atoms with Crippen molar-refractivity contribution in [3.8, 4) is 17.2 Å². The molecule has 0 aliphatic heterocycles. The SMILES string of the molecule is Clc1ccc(COc2cccc(C=Nc3ccc(Oc4ccccc4)cc3)c2)cc1. The minimum absolute atomic E-state index is 0.487. The van der Waals surface area contributed by atoms with Crippen LogP contribution in [0.15, 0.2) is 108 Å². The predicted octanol–water partition coefficient (Wildman–Crippen LogP) is 7.46. The van der Waals surface area contributed by atoms with Crippen LogP contribution in [0.3, 0.4) is 0 Å². The molecule has 4 rings (SSSR count). The van der Waals surface area contributed by atoms with Gasteiger partial charge in [0.05, 0.1) is 5.69 Å². The van der Waals surface area contributed by atoms with Crippen LogP contribution in [0.5, 0.6) is 17.2 Å². The molecule has 0 bridgehead atoms. The second-order valence-electron chi connectivity index (χ2n) is 6.65. The molecule has 0 atom stereocenters. The fraction of sp³-hybridized carbons (Fsp3) is 0.0385. The van der Waals surface area contributed by atoms with Gasteiger partial charge in [-0.1, -0.05) is 54.1 Å².